The average molecular weight is 297 g/mol. The normalized spacial score (nSPS) is 12.2. The second-order valence-electron chi connectivity index (χ2n) is 4.27. The van der Waals surface area contributed by atoms with E-state index < -0.39 is 6.10 Å². The largest absolute Gasteiger partial charge is 0.489 e. The smallest absolute Gasteiger partial charge is 0.119 e. The standard InChI is InChI=1S/C15H14Cl2O2/c1-10(18)11-3-6-14(7-4-11)19-9-12-2-5-13(16)8-15(12)17/h2-8,10,18H,9H2,1H3/t10-/m1/s1. The van der Waals surface area contributed by atoms with E-state index in [4.69, 9.17) is 27.9 Å². The fraction of sp³-hybridized carbons (Fsp3) is 0.200. The second kappa shape index (κ2) is 6.29. The molecule has 4 heteroatoms. The Balaban J connectivity index is 2.02. The number of hydrogen-bond acceptors (Lipinski definition) is 2. The van der Waals surface area contributed by atoms with Crippen LogP contribution < -0.4 is 4.74 Å². The van der Waals surface area contributed by atoms with Crippen molar-refractivity contribution < 1.29 is 9.84 Å². The molecule has 0 bridgehead atoms. The van der Waals surface area contributed by atoms with Crippen molar-refractivity contribution >= 4 is 23.2 Å². The van der Waals surface area contributed by atoms with Gasteiger partial charge in [-0.05, 0) is 36.8 Å². The monoisotopic (exact) mass is 296 g/mol. The van der Waals surface area contributed by atoms with Gasteiger partial charge >= 0.3 is 0 Å². The predicted octanol–water partition coefficient (Wildman–Crippen LogP) is 4.63. The topological polar surface area (TPSA) is 29.5 Å². The summed E-state index contributed by atoms with van der Waals surface area (Å²) < 4.78 is 5.64. The van der Waals surface area contributed by atoms with E-state index in [1.807, 2.05) is 30.3 Å². The number of rotatable bonds is 4. The van der Waals surface area contributed by atoms with Crippen molar-refractivity contribution in [2.75, 3.05) is 0 Å². The molecule has 0 saturated heterocycles. The van der Waals surface area contributed by atoms with Gasteiger partial charge in [0.1, 0.15) is 12.4 Å². The summed E-state index contributed by atoms with van der Waals surface area (Å²) in [5.74, 6) is 0.732. The Morgan fingerprint density at radius 3 is 2.37 bits per heavy atom. The minimum Gasteiger partial charge on any atom is -0.489 e. The highest BCUT2D eigenvalue weighted by Gasteiger charge is 2.04. The zero-order chi connectivity index (χ0) is 13.8. The van der Waals surface area contributed by atoms with Gasteiger partial charge in [-0.3, -0.25) is 0 Å². The van der Waals surface area contributed by atoms with Gasteiger partial charge in [-0.25, -0.2) is 0 Å². The molecule has 1 atom stereocenters. The molecule has 0 heterocycles. The average Bonchev–Trinajstić information content (AvgIpc) is 2.38. The minimum atomic E-state index is -0.472. The highest BCUT2D eigenvalue weighted by molar-refractivity contribution is 6.35. The summed E-state index contributed by atoms with van der Waals surface area (Å²) in [5, 5.41) is 10.6. The maximum Gasteiger partial charge on any atom is 0.119 e. The van der Waals surface area contributed by atoms with Crippen LogP contribution in [0, 0.1) is 0 Å². The van der Waals surface area contributed by atoms with Crippen LogP contribution in [0.3, 0.4) is 0 Å². The Morgan fingerprint density at radius 1 is 1.11 bits per heavy atom. The summed E-state index contributed by atoms with van der Waals surface area (Å²) in [5.41, 5.74) is 1.74. The molecule has 2 rings (SSSR count). The fourth-order valence-corrected chi connectivity index (χ4v) is 2.11. The third-order valence-electron chi connectivity index (χ3n) is 2.77. The Bertz CT molecular complexity index is 551. The molecule has 1 N–H and O–H groups in total. The van der Waals surface area contributed by atoms with Gasteiger partial charge in [0.25, 0.3) is 0 Å². The van der Waals surface area contributed by atoms with Crippen LogP contribution in [0.4, 0.5) is 0 Å². The molecule has 0 fully saturated rings. The zero-order valence-electron chi connectivity index (χ0n) is 10.4. The highest BCUT2D eigenvalue weighted by Crippen LogP contribution is 2.23. The summed E-state index contributed by atoms with van der Waals surface area (Å²) in [6, 6.07) is 12.6. The van der Waals surface area contributed by atoms with E-state index in [-0.39, 0.29) is 0 Å². The number of aliphatic hydroxyl groups is 1. The fourth-order valence-electron chi connectivity index (χ4n) is 1.64. The number of halogens is 2. The molecule has 0 spiro atoms. The first kappa shape index (κ1) is 14.2. The van der Waals surface area contributed by atoms with Gasteiger partial charge in [-0.15, -0.1) is 0 Å². The van der Waals surface area contributed by atoms with Crippen molar-refractivity contribution in [3.8, 4) is 5.75 Å². The summed E-state index contributed by atoms with van der Waals surface area (Å²) in [4.78, 5) is 0. The van der Waals surface area contributed by atoms with Gasteiger partial charge in [0, 0.05) is 15.6 Å². The van der Waals surface area contributed by atoms with E-state index in [9.17, 15) is 5.11 Å². The molecule has 0 aliphatic rings. The molecule has 100 valence electrons. The summed E-state index contributed by atoms with van der Waals surface area (Å²) >= 11 is 11.9. The molecule has 0 aliphatic carbocycles. The lowest BCUT2D eigenvalue weighted by atomic mass is 10.1. The number of aliphatic hydroxyl groups excluding tert-OH is 1. The molecular weight excluding hydrogens is 283 g/mol. The molecule has 0 aromatic heterocycles. The molecule has 0 amide bonds. The van der Waals surface area contributed by atoms with E-state index in [1.165, 1.54) is 0 Å². The van der Waals surface area contributed by atoms with Crippen LogP contribution in [-0.2, 0) is 6.61 Å². The van der Waals surface area contributed by atoms with Gasteiger partial charge in [0.15, 0.2) is 0 Å². The first-order valence-corrected chi connectivity index (χ1v) is 6.66. The number of ether oxygens (including phenoxy) is 1. The Labute approximate surface area is 122 Å². The van der Waals surface area contributed by atoms with E-state index in [1.54, 1.807) is 19.1 Å². The zero-order valence-corrected chi connectivity index (χ0v) is 11.9. The van der Waals surface area contributed by atoms with E-state index in [0.29, 0.717) is 16.7 Å². The Morgan fingerprint density at radius 2 is 1.79 bits per heavy atom. The van der Waals surface area contributed by atoms with E-state index in [0.717, 1.165) is 16.9 Å². The van der Waals surface area contributed by atoms with Gasteiger partial charge < -0.3 is 9.84 Å². The quantitative estimate of drug-likeness (QED) is 0.891. The molecular formula is C15H14Cl2O2. The van der Waals surface area contributed by atoms with Crippen molar-refractivity contribution in [2.45, 2.75) is 19.6 Å². The van der Waals surface area contributed by atoms with Gasteiger partial charge in [0.2, 0.25) is 0 Å². The molecule has 0 aliphatic heterocycles. The lowest BCUT2D eigenvalue weighted by molar-refractivity contribution is 0.199. The molecule has 0 unspecified atom stereocenters. The lowest BCUT2D eigenvalue weighted by Crippen LogP contribution is -1.97. The first-order valence-electron chi connectivity index (χ1n) is 5.91. The molecule has 0 saturated carbocycles. The van der Waals surface area contributed by atoms with Gasteiger partial charge in [0.05, 0.1) is 6.10 Å². The minimum absolute atomic E-state index is 0.379. The van der Waals surface area contributed by atoms with Crippen LogP contribution >= 0.6 is 23.2 Å². The predicted molar refractivity (Wildman–Crippen MR) is 77.9 cm³/mol. The van der Waals surface area contributed by atoms with Crippen molar-refractivity contribution in [3.05, 3.63) is 63.6 Å². The van der Waals surface area contributed by atoms with E-state index in [2.05, 4.69) is 0 Å². The SMILES string of the molecule is C[C@@H](O)c1ccc(OCc2ccc(Cl)cc2Cl)cc1. The van der Waals surface area contributed by atoms with Crippen LogP contribution in [0.1, 0.15) is 24.2 Å². The summed E-state index contributed by atoms with van der Waals surface area (Å²) in [7, 11) is 0. The lowest BCUT2D eigenvalue weighted by Gasteiger charge is -2.09. The maximum atomic E-state index is 9.41. The molecule has 0 radical (unpaired) electrons. The van der Waals surface area contributed by atoms with Crippen LogP contribution in [0.15, 0.2) is 42.5 Å². The first-order chi connectivity index (χ1) is 9.06. The third kappa shape index (κ3) is 3.87. The van der Waals surface area contributed by atoms with Crippen molar-refractivity contribution in [1.82, 2.24) is 0 Å². The van der Waals surface area contributed by atoms with Crippen LogP contribution in [-0.4, -0.2) is 5.11 Å². The van der Waals surface area contributed by atoms with Crippen LogP contribution in [0.5, 0.6) is 5.75 Å². The van der Waals surface area contributed by atoms with Gasteiger partial charge in [-0.1, -0.05) is 41.4 Å². The summed E-state index contributed by atoms with van der Waals surface area (Å²) in [6.07, 6.45) is -0.472. The summed E-state index contributed by atoms with van der Waals surface area (Å²) in [6.45, 7) is 2.10. The van der Waals surface area contributed by atoms with Crippen molar-refractivity contribution in [2.24, 2.45) is 0 Å². The molecule has 2 aromatic carbocycles. The Kier molecular flexibility index (Phi) is 4.70. The molecule has 2 nitrogen and oxygen atoms in total. The third-order valence-corrected chi connectivity index (χ3v) is 3.36. The molecule has 2 aromatic rings. The van der Waals surface area contributed by atoms with Crippen LogP contribution in [0.2, 0.25) is 10.0 Å². The number of benzene rings is 2. The van der Waals surface area contributed by atoms with E-state index >= 15 is 0 Å². The van der Waals surface area contributed by atoms with Crippen molar-refractivity contribution in [1.29, 1.82) is 0 Å². The second-order valence-corrected chi connectivity index (χ2v) is 5.11. The number of hydrogen-bond donors (Lipinski definition) is 1. The van der Waals surface area contributed by atoms with Gasteiger partial charge in [-0.2, -0.15) is 0 Å². The van der Waals surface area contributed by atoms with Crippen molar-refractivity contribution in [3.63, 3.8) is 0 Å². The highest BCUT2D eigenvalue weighted by atomic mass is 35.5. The Hall–Kier alpha value is -1.22. The molecule has 19 heavy (non-hydrogen) atoms. The van der Waals surface area contributed by atoms with Crippen LogP contribution in [0.25, 0.3) is 0 Å². The maximum absolute atomic E-state index is 9.41.